The summed E-state index contributed by atoms with van der Waals surface area (Å²) in [6.07, 6.45) is 5.36. The molecule has 0 aliphatic rings. The maximum Gasteiger partial charge on any atom is 0.256 e. The van der Waals surface area contributed by atoms with Gasteiger partial charge >= 0.3 is 0 Å². The molecule has 0 atom stereocenters. The third-order valence-corrected chi connectivity index (χ3v) is 6.45. The van der Waals surface area contributed by atoms with Crippen LogP contribution in [0.4, 0.5) is 5.69 Å². The summed E-state index contributed by atoms with van der Waals surface area (Å²) in [5.74, 6) is -0.210. The van der Waals surface area contributed by atoms with Crippen LogP contribution in [-0.2, 0) is 20.1 Å². The molecule has 4 aromatic heterocycles. The number of aromatic nitrogens is 7. The van der Waals surface area contributed by atoms with Crippen LogP contribution >= 0.6 is 0 Å². The average molecular weight is 469 g/mol. The number of para-hydroxylation sites is 1. The normalized spacial score (nSPS) is 11.3. The van der Waals surface area contributed by atoms with Crippen molar-refractivity contribution in [1.29, 1.82) is 0 Å². The highest BCUT2D eigenvalue weighted by molar-refractivity contribution is 6.13. The Balaban J connectivity index is 1.46. The zero-order valence-electron chi connectivity index (χ0n) is 20.6. The topological polar surface area (TPSA) is 95.5 Å². The quantitative estimate of drug-likeness (QED) is 0.401. The number of anilines is 1. The molecule has 0 bridgehead atoms. The van der Waals surface area contributed by atoms with Gasteiger partial charge < -0.3 is 5.32 Å². The number of rotatable bonds is 6. The van der Waals surface area contributed by atoms with Gasteiger partial charge in [-0.2, -0.15) is 15.3 Å². The van der Waals surface area contributed by atoms with Crippen molar-refractivity contribution in [2.45, 2.75) is 40.8 Å². The summed E-state index contributed by atoms with van der Waals surface area (Å²) in [6.45, 7) is 9.49. The molecule has 0 aliphatic heterocycles. The fraction of sp³-hybridized carbons (Fsp3) is 0.269. The van der Waals surface area contributed by atoms with Crippen molar-refractivity contribution >= 4 is 22.5 Å². The van der Waals surface area contributed by atoms with E-state index in [4.69, 9.17) is 4.98 Å². The summed E-state index contributed by atoms with van der Waals surface area (Å²) >= 11 is 0. The van der Waals surface area contributed by atoms with Crippen molar-refractivity contribution in [2.75, 3.05) is 5.32 Å². The lowest BCUT2D eigenvalue weighted by atomic mass is 10.0. The lowest BCUT2D eigenvalue weighted by Gasteiger charge is -2.10. The molecule has 9 nitrogen and oxygen atoms in total. The molecule has 0 saturated heterocycles. The number of pyridine rings is 1. The Hall–Kier alpha value is -4.27. The number of fused-ring (bicyclic) bond motifs is 1. The van der Waals surface area contributed by atoms with Crippen LogP contribution < -0.4 is 5.32 Å². The number of hydrogen-bond acceptors (Lipinski definition) is 5. The van der Waals surface area contributed by atoms with Gasteiger partial charge in [0.2, 0.25) is 0 Å². The van der Waals surface area contributed by atoms with E-state index in [2.05, 4.69) is 34.5 Å². The Bertz CT molecular complexity index is 1560. The number of carbonyl (C=O) groups is 1. The number of carbonyl (C=O) groups excluding carboxylic acids is 1. The zero-order valence-corrected chi connectivity index (χ0v) is 20.6. The Kier molecular flexibility index (Phi) is 5.68. The van der Waals surface area contributed by atoms with Gasteiger partial charge in [0.1, 0.15) is 0 Å². The molecule has 1 aromatic carbocycles. The molecule has 1 amide bonds. The van der Waals surface area contributed by atoms with E-state index < -0.39 is 0 Å². The summed E-state index contributed by atoms with van der Waals surface area (Å²) in [4.78, 5) is 18.3. The predicted molar refractivity (Wildman–Crippen MR) is 135 cm³/mol. The van der Waals surface area contributed by atoms with E-state index in [1.54, 1.807) is 10.9 Å². The third-order valence-electron chi connectivity index (χ3n) is 6.45. The van der Waals surface area contributed by atoms with E-state index in [1.165, 1.54) is 0 Å². The van der Waals surface area contributed by atoms with E-state index >= 15 is 0 Å². The molecule has 178 valence electrons. The molecule has 0 saturated carbocycles. The van der Waals surface area contributed by atoms with E-state index in [0.29, 0.717) is 17.8 Å². The first-order chi connectivity index (χ1) is 16.9. The van der Waals surface area contributed by atoms with Crippen molar-refractivity contribution in [2.24, 2.45) is 7.05 Å². The first-order valence-corrected chi connectivity index (χ1v) is 11.6. The molecule has 5 aromatic rings. The van der Waals surface area contributed by atoms with Crippen LogP contribution in [0.2, 0.25) is 0 Å². The number of nitrogens with one attached hydrogen (secondary N) is 1. The number of benzene rings is 1. The van der Waals surface area contributed by atoms with E-state index in [-0.39, 0.29) is 5.91 Å². The molecule has 35 heavy (non-hydrogen) atoms. The zero-order chi connectivity index (χ0) is 24.7. The molecule has 0 unspecified atom stereocenters. The van der Waals surface area contributed by atoms with Gasteiger partial charge in [-0.1, -0.05) is 18.2 Å². The van der Waals surface area contributed by atoms with Crippen molar-refractivity contribution in [3.05, 3.63) is 77.1 Å². The molecular weight excluding hydrogens is 440 g/mol. The molecule has 0 fully saturated rings. The van der Waals surface area contributed by atoms with E-state index in [9.17, 15) is 4.79 Å². The van der Waals surface area contributed by atoms with Gasteiger partial charge in [-0.05, 0) is 39.8 Å². The van der Waals surface area contributed by atoms with Crippen LogP contribution in [0.15, 0.2) is 48.9 Å². The van der Waals surface area contributed by atoms with Crippen LogP contribution in [0.3, 0.4) is 0 Å². The smallest absolute Gasteiger partial charge is 0.256 e. The molecule has 5 rings (SSSR count). The molecule has 0 spiro atoms. The first kappa shape index (κ1) is 22.5. The number of hydrogen-bond donors (Lipinski definition) is 1. The van der Waals surface area contributed by atoms with Crippen molar-refractivity contribution < 1.29 is 4.79 Å². The second-order valence-electron chi connectivity index (χ2n) is 8.69. The van der Waals surface area contributed by atoms with Gasteiger partial charge in [0, 0.05) is 47.7 Å². The summed E-state index contributed by atoms with van der Waals surface area (Å²) in [6, 6.07) is 9.53. The summed E-state index contributed by atoms with van der Waals surface area (Å²) < 4.78 is 5.60. The van der Waals surface area contributed by atoms with E-state index in [0.717, 1.165) is 51.4 Å². The van der Waals surface area contributed by atoms with Gasteiger partial charge in [-0.15, -0.1) is 0 Å². The molecule has 9 heteroatoms. The number of nitrogens with zero attached hydrogens (tertiary/aromatic N) is 7. The molecule has 4 heterocycles. The number of aryl methyl sites for hydroxylation is 3. The van der Waals surface area contributed by atoms with Crippen molar-refractivity contribution in [1.82, 2.24) is 34.3 Å². The standard InChI is InChI=1S/C26H28N8O/c1-6-34-17(3)19(12-28-34)14-33-15-20(13-27-33)29-26(35)22-11-24(25-16(2)31-32(5)18(25)4)30-23-10-8-7-9-21(22)23/h7-13,15H,6,14H2,1-5H3,(H,29,35). The maximum atomic E-state index is 13.4. The lowest BCUT2D eigenvalue weighted by Crippen LogP contribution is -2.13. The molecule has 1 N–H and O–H groups in total. The Labute approximate surface area is 203 Å². The van der Waals surface area contributed by atoms with E-state index in [1.807, 2.05) is 73.0 Å². The second kappa shape index (κ2) is 8.83. The monoisotopic (exact) mass is 468 g/mol. The second-order valence-corrected chi connectivity index (χ2v) is 8.69. The highest BCUT2D eigenvalue weighted by atomic mass is 16.1. The fourth-order valence-electron chi connectivity index (χ4n) is 4.48. The minimum absolute atomic E-state index is 0.210. The predicted octanol–water partition coefficient (Wildman–Crippen LogP) is 4.27. The highest BCUT2D eigenvalue weighted by Crippen LogP contribution is 2.29. The van der Waals surface area contributed by atoms with Crippen molar-refractivity contribution in [3.63, 3.8) is 0 Å². The average Bonchev–Trinajstić information content (AvgIpc) is 3.51. The largest absolute Gasteiger partial charge is 0.319 e. The van der Waals surface area contributed by atoms with Gasteiger partial charge in [-0.3, -0.25) is 18.8 Å². The van der Waals surface area contributed by atoms with Crippen LogP contribution in [0.5, 0.6) is 0 Å². The lowest BCUT2D eigenvalue weighted by molar-refractivity contribution is 0.102. The molecular formula is C26H28N8O. The molecule has 0 aliphatic carbocycles. The van der Waals surface area contributed by atoms with Crippen LogP contribution in [0.1, 0.15) is 39.9 Å². The van der Waals surface area contributed by atoms with Gasteiger partial charge in [0.05, 0.1) is 47.1 Å². The van der Waals surface area contributed by atoms with Gasteiger partial charge in [0.15, 0.2) is 0 Å². The minimum atomic E-state index is -0.210. The fourth-order valence-corrected chi connectivity index (χ4v) is 4.48. The summed E-state index contributed by atoms with van der Waals surface area (Å²) in [7, 11) is 1.91. The number of amides is 1. The summed E-state index contributed by atoms with van der Waals surface area (Å²) in [5, 5.41) is 17.1. The van der Waals surface area contributed by atoms with Crippen LogP contribution in [0.25, 0.3) is 22.2 Å². The van der Waals surface area contributed by atoms with Gasteiger partial charge in [0.25, 0.3) is 5.91 Å². The minimum Gasteiger partial charge on any atom is -0.319 e. The SMILES string of the molecule is CCn1ncc(Cn2cc(NC(=O)c3cc(-c4c(C)nn(C)c4C)nc4ccccc34)cn2)c1C. The van der Waals surface area contributed by atoms with Crippen LogP contribution in [-0.4, -0.2) is 40.2 Å². The third kappa shape index (κ3) is 4.09. The summed E-state index contributed by atoms with van der Waals surface area (Å²) in [5.41, 5.74) is 7.72. The van der Waals surface area contributed by atoms with Crippen molar-refractivity contribution in [3.8, 4) is 11.3 Å². The van der Waals surface area contributed by atoms with Crippen LogP contribution in [0, 0.1) is 20.8 Å². The Morgan fingerprint density at radius 1 is 1.06 bits per heavy atom. The van der Waals surface area contributed by atoms with Gasteiger partial charge in [-0.25, -0.2) is 4.98 Å². The Morgan fingerprint density at radius 2 is 1.86 bits per heavy atom. The Morgan fingerprint density at radius 3 is 2.57 bits per heavy atom. The molecule has 0 radical (unpaired) electrons. The first-order valence-electron chi connectivity index (χ1n) is 11.6. The maximum absolute atomic E-state index is 13.4. The highest BCUT2D eigenvalue weighted by Gasteiger charge is 2.19.